The van der Waals surface area contributed by atoms with E-state index in [1.165, 1.54) is 0 Å². The molecule has 0 bridgehead atoms. The first-order chi connectivity index (χ1) is 11.1. The summed E-state index contributed by atoms with van der Waals surface area (Å²) in [5.41, 5.74) is 1.15. The molecule has 2 rings (SSSR count). The van der Waals surface area contributed by atoms with E-state index in [1.807, 2.05) is 43.0 Å². The minimum absolute atomic E-state index is 0.0523. The maximum atomic E-state index is 12.4. The zero-order valence-electron chi connectivity index (χ0n) is 14.1. The molecule has 1 aliphatic heterocycles. The molecule has 5 nitrogen and oxygen atoms in total. The number of piperidine rings is 1. The average Bonchev–Trinajstić information content (AvgIpc) is 2.54. The first kappa shape index (κ1) is 17.6. The van der Waals surface area contributed by atoms with Crippen molar-refractivity contribution in [3.63, 3.8) is 0 Å². The van der Waals surface area contributed by atoms with E-state index in [-0.39, 0.29) is 24.7 Å². The van der Waals surface area contributed by atoms with Crippen molar-refractivity contribution < 1.29 is 14.6 Å². The predicted octanol–water partition coefficient (Wildman–Crippen LogP) is 2.71. The van der Waals surface area contributed by atoms with Crippen LogP contribution in [-0.4, -0.2) is 47.9 Å². The Balaban J connectivity index is 1.81. The molecule has 1 heterocycles. The summed E-state index contributed by atoms with van der Waals surface area (Å²) in [4.78, 5) is 14.3. The van der Waals surface area contributed by atoms with Gasteiger partial charge in [0, 0.05) is 19.2 Å². The number of likely N-dealkylation sites (tertiary alicyclic amines) is 1. The molecule has 5 heteroatoms. The fourth-order valence-corrected chi connectivity index (χ4v) is 2.98. The quantitative estimate of drug-likeness (QED) is 0.847. The molecule has 0 aliphatic carbocycles. The standard InChI is InChI=1S/C18H28N2O3/c1-14-6-5-8-17(12-14)23-13-15(2)19-18(22)20-10-4-3-7-16(20)9-11-21/h5-6,8,12,15-16,21H,3-4,7,9-11,13H2,1-2H3,(H,19,22). The van der Waals surface area contributed by atoms with Crippen molar-refractivity contribution in [3.8, 4) is 5.75 Å². The predicted molar refractivity (Wildman–Crippen MR) is 90.7 cm³/mol. The van der Waals surface area contributed by atoms with Gasteiger partial charge < -0.3 is 20.1 Å². The van der Waals surface area contributed by atoms with Crippen LogP contribution in [0.2, 0.25) is 0 Å². The Labute approximate surface area is 138 Å². The number of nitrogens with one attached hydrogen (secondary N) is 1. The Morgan fingerprint density at radius 2 is 2.30 bits per heavy atom. The minimum Gasteiger partial charge on any atom is -0.491 e. The van der Waals surface area contributed by atoms with Crippen LogP contribution in [0.5, 0.6) is 5.75 Å². The fourth-order valence-electron chi connectivity index (χ4n) is 2.98. The molecule has 0 radical (unpaired) electrons. The van der Waals surface area contributed by atoms with Gasteiger partial charge in [-0.1, -0.05) is 12.1 Å². The van der Waals surface area contributed by atoms with Gasteiger partial charge in [-0.05, 0) is 57.2 Å². The highest BCUT2D eigenvalue weighted by atomic mass is 16.5. The molecule has 2 N–H and O–H groups in total. The number of aryl methyl sites for hydroxylation is 1. The lowest BCUT2D eigenvalue weighted by atomic mass is 10.00. The summed E-state index contributed by atoms with van der Waals surface area (Å²) in [6.45, 7) is 5.30. The van der Waals surface area contributed by atoms with Crippen molar-refractivity contribution in [2.75, 3.05) is 19.8 Å². The third kappa shape index (κ3) is 5.43. The molecule has 1 aromatic carbocycles. The topological polar surface area (TPSA) is 61.8 Å². The molecule has 2 amide bonds. The van der Waals surface area contributed by atoms with Crippen molar-refractivity contribution in [2.45, 2.75) is 51.6 Å². The Kier molecular flexibility index (Phi) is 6.71. The number of benzene rings is 1. The van der Waals surface area contributed by atoms with Crippen molar-refractivity contribution in [1.29, 1.82) is 0 Å². The number of urea groups is 1. The van der Waals surface area contributed by atoms with Crippen LogP contribution in [0.4, 0.5) is 4.79 Å². The van der Waals surface area contributed by atoms with Gasteiger partial charge in [0.2, 0.25) is 0 Å². The number of amides is 2. The second kappa shape index (κ2) is 8.77. The highest BCUT2D eigenvalue weighted by molar-refractivity contribution is 5.75. The monoisotopic (exact) mass is 320 g/mol. The third-order valence-electron chi connectivity index (χ3n) is 4.21. The molecular formula is C18H28N2O3. The molecule has 2 unspecified atom stereocenters. The van der Waals surface area contributed by atoms with Gasteiger partial charge in [0.15, 0.2) is 0 Å². The van der Waals surface area contributed by atoms with Crippen LogP contribution in [0.1, 0.15) is 38.2 Å². The SMILES string of the molecule is Cc1cccc(OCC(C)NC(=O)N2CCCCC2CCO)c1. The second-order valence-electron chi connectivity index (χ2n) is 6.33. The second-order valence-corrected chi connectivity index (χ2v) is 6.33. The lowest BCUT2D eigenvalue weighted by Gasteiger charge is -2.36. The van der Waals surface area contributed by atoms with Crippen molar-refractivity contribution >= 4 is 6.03 Å². The van der Waals surface area contributed by atoms with Gasteiger partial charge in [-0.25, -0.2) is 4.79 Å². The Bertz CT molecular complexity index is 505. The number of carbonyl (C=O) groups is 1. The van der Waals surface area contributed by atoms with Crippen LogP contribution < -0.4 is 10.1 Å². The van der Waals surface area contributed by atoms with E-state index in [4.69, 9.17) is 9.84 Å². The summed E-state index contributed by atoms with van der Waals surface area (Å²) in [7, 11) is 0. The number of rotatable bonds is 6. The van der Waals surface area contributed by atoms with Crippen LogP contribution in [0.25, 0.3) is 0 Å². The number of ether oxygens (including phenoxy) is 1. The van der Waals surface area contributed by atoms with E-state index in [2.05, 4.69) is 5.32 Å². The van der Waals surface area contributed by atoms with Crippen LogP contribution in [0, 0.1) is 6.92 Å². The van der Waals surface area contributed by atoms with E-state index in [0.717, 1.165) is 37.1 Å². The smallest absolute Gasteiger partial charge is 0.317 e. The summed E-state index contributed by atoms with van der Waals surface area (Å²) in [6, 6.07) is 7.92. The largest absolute Gasteiger partial charge is 0.491 e. The third-order valence-corrected chi connectivity index (χ3v) is 4.21. The zero-order valence-corrected chi connectivity index (χ0v) is 14.1. The van der Waals surface area contributed by atoms with Gasteiger partial charge in [-0.15, -0.1) is 0 Å². The Morgan fingerprint density at radius 3 is 3.04 bits per heavy atom. The molecule has 2 atom stereocenters. The van der Waals surface area contributed by atoms with E-state index >= 15 is 0 Å². The van der Waals surface area contributed by atoms with E-state index in [1.54, 1.807) is 0 Å². The van der Waals surface area contributed by atoms with Crippen LogP contribution >= 0.6 is 0 Å². The number of carbonyl (C=O) groups excluding carboxylic acids is 1. The number of aliphatic hydroxyl groups excluding tert-OH is 1. The van der Waals surface area contributed by atoms with E-state index in [9.17, 15) is 4.79 Å². The molecule has 23 heavy (non-hydrogen) atoms. The molecule has 1 aliphatic rings. The molecule has 128 valence electrons. The van der Waals surface area contributed by atoms with Gasteiger partial charge in [0.1, 0.15) is 12.4 Å². The number of hydrogen-bond donors (Lipinski definition) is 2. The molecule has 1 fully saturated rings. The Morgan fingerprint density at radius 1 is 1.48 bits per heavy atom. The summed E-state index contributed by atoms with van der Waals surface area (Å²) in [5, 5.41) is 12.2. The zero-order chi connectivity index (χ0) is 16.7. The maximum absolute atomic E-state index is 12.4. The van der Waals surface area contributed by atoms with Gasteiger partial charge in [0.05, 0.1) is 6.04 Å². The highest BCUT2D eigenvalue weighted by Gasteiger charge is 2.26. The van der Waals surface area contributed by atoms with Crippen LogP contribution in [0.15, 0.2) is 24.3 Å². The van der Waals surface area contributed by atoms with Crippen molar-refractivity contribution in [3.05, 3.63) is 29.8 Å². The van der Waals surface area contributed by atoms with Gasteiger partial charge in [0.25, 0.3) is 0 Å². The molecule has 1 saturated heterocycles. The lowest BCUT2D eigenvalue weighted by molar-refractivity contribution is 0.127. The number of aliphatic hydroxyl groups is 1. The first-order valence-electron chi connectivity index (χ1n) is 8.47. The first-order valence-corrected chi connectivity index (χ1v) is 8.47. The van der Waals surface area contributed by atoms with Crippen LogP contribution in [0.3, 0.4) is 0 Å². The van der Waals surface area contributed by atoms with Gasteiger partial charge in [-0.2, -0.15) is 0 Å². The highest BCUT2D eigenvalue weighted by Crippen LogP contribution is 2.19. The minimum atomic E-state index is -0.0697. The number of hydrogen-bond acceptors (Lipinski definition) is 3. The maximum Gasteiger partial charge on any atom is 0.317 e. The van der Waals surface area contributed by atoms with Gasteiger partial charge in [-0.3, -0.25) is 0 Å². The molecular weight excluding hydrogens is 292 g/mol. The molecule has 0 saturated carbocycles. The Hall–Kier alpha value is -1.75. The summed E-state index contributed by atoms with van der Waals surface area (Å²) in [5.74, 6) is 0.822. The van der Waals surface area contributed by atoms with E-state index in [0.29, 0.717) is 13.0 Å². The number of nitrogens with zero attached hydrogens (tertiary/aromatic N) is 1. The normalized spacial score (nSPS) is 19.3. The van der Waals surface area contributed by atoms with Crippen LogP contribution in [-0.2, 0) is 0 Å². The fraction of sp³-hybridized carbons (Fsp3) is 0.611. The molecule has 0 spiro atoms. The average molecular weight is 320 g/mol. The summed E-state index contributed by atoms with van der Waals surface area (Å²) >= 11 is 0. The summed E-state index contributed by atoms with van der Waals surface area (Å²) < 4.78 is 5.74. The summed E-state index contributed by atoms with van der Waals surface area (Å²) in [6.07, 6.45) is 3.79. The molecule has 1 aromatic rings. The van der Waals surface area contributed by atoms with Crippen molar-refractivity contribution in [2.24, 2.45) is 0 Å². The van der Waals surface area contributed by atoms with Gasteiger partial charge >= 0.3 is 6.03 Å². The lowest BCUT2D eigenvalue weighted by Crippen LogP contribution is -2.51. The van der Waals surface area contributed by atoms with Crippen molar-refractivity contribution in [1.82, 2.24) is 10.2 Å². The van der Waals surface area contributed by atoms with E-state index < -0.39 is 0 Å². The molecule has 0 aromatic heterocycles.